The molecule has 0 spiro atoms. The molecule has 0 heterocycles. The van der Waals surface area contributed by atoms with Gasteiger partial charge < -0.3 is 15.5 Å². The standard InChI is InChI=1S/C13H14BrNO4/c14-9-5-4-7(6-11(9)16)12(17)15-10-3-1-2-8(10)13(18)19/h4-6,8,10,16H,1-3H2,(H,15,17)(H,18,19). The highest BCUT2D eigenvalue weighted by Gasteiger charge is 2.34. The van der Waals surface area contributed by atoms with Gasteiger partial charge in [-0.15, -0.1) is 0 Å². The van der Waals surface area contributed by atoms with Crippen LogP contribution in [0.2, 0.25) is 0 Å². The smallest absolute Gasteiger partial charge is 0.308 e. The molecule has 0 saturated heterocycles. The Bertz CT molecular complexity index is 517. The molecule has 6 heteroatoms. The first kappa shape index (κ1) is 13.9. The summed E-state index contributed by atoms with van der Waals surface area (Å²) in [5.74, 6) is -1.77. The Kier molecular flexibility index (Phi) is 4.09. The van der Waals surface area contributed by atoms with Gasteiger partial charge in [0.25, 0.3) is 5.91 Å². The number of benzene rings is 1. The van der Waals surface area contributed by atoms with E-state index in [2.05, 4.69) is 21.2 Å². The molecule has 2 unspecified atom stereocenters. The van der Waals surface area contributed by atoms with Crippen LogP contribution < -0.4 is 5.32 Å². The number of amides is 1. The Morgan fingerprint density at radius 1 is 1.32 bits per heavy atom. The molecule has 2 rings (SSSR count). The number of carboxylic acids is 1. The van der Waals surface area contributed by atoms with Gasteiger partial charge >= 0.3 is 5.97 Å². The Labute approximate surface area is 118 Å². The van der Waals surface area contributed by atoms with E-state index in [4.69, 9.17) is 5.11 Å². The molecule has 1 fully saturated rings. The van der Waals surface area contributed by atoms with Crippen LogP contribution in [0.5, 0.6) is 5.75 Å². The van der Waals surface area contributed by atoms with Gasteiger partial charge in [-0.1, -0.05) is 6.42 Å². The second-order valence-corrected chi connectivity index (χ2v) is 5.48. The fraction of sp³-hybridized carbons (Fsp3) is 0.385. The summed E-state index contributed by atoms with van der Waals surface area (Å²) in [5, 5.41) is 21.3. The number of carbonyl (C=O) groups excluding carboxylic acids is 1. The van der Waals surface area contributed by atoms with Crippen molar-refractivity contribution in [2.75, 3.05) is 0 Å². The third-order valence-electron chi connectivity index (χ3n) is 3.36. The fourth-order valence-corrected chi connectivity index (χ4v) is 2.58. The molecule has 5 nitrogen and oxygen atoms in total. The Balaban J connectivity index is 2.08. The number of hydrogen-bond donors (Lipinski definition) is 3. The number of rotatable bonds is 3. The second-order valence-electron chi connectivity index (χ2n) is 4.62. The average molecular weight is 328 g/mol. The van der Waals surface area contributed by atoms with Crippen LogP contribution in [-0.4, -0.2) is 28.1 Å². The molecule has 0 bridgehead atoms. The van der Waals surface area contributed by atoms with Crippen molar-refractivity contribution in [2.24, 2.45) is 5.92 Å². The average Bonchev–Trinajstić information content (AvgIpc) is 2.80. The van der Waals surface area contributed by atoms with Crippen LogP contribution in [0.3, 0.4) is 0 Å². The molecule has 2 atom stereocenters. The van der Waals surface area contributed by atoms with Crippen molar-refractivity contribution < 1.29 is 19.8 Å². The minimum atomic E-state index is -0.874. The van der Waals surface area contributed by atoms with E-state index >= 15 is 0 Å². The van der Waals surface area contributed by atoms with Gasteiger partial charge in [-0.25, -0.2) is 0 Å². The van der Waals surface area contributed by atoms with Crippen LogP contribution in [-0.2, 0) is 4.79 Å². The van der Waals surface area contributed by atoms with E-state index in [-0.39, 0.29) is 17.7 Å². The van der Waals surface area contributed by atoms with Crippen LogP contribution in [0.1, 0.15) is 29.6 Å². The van der Waals surface area contributed by atoms with Crippen molar-refractivity contribution in [3.8, 4) is 5.75 Å². The topological polar surface area (TPSA) is 86.6 Å². The molecule has 0 aliphatic heterocycles. The third-order valence-corrected chi connectivity index (χ3v) is 4.03. The van der Waals surface area contributed by atoms with Crippen LogP contribution in [0.4, 0.5) is 0 Å². The number of aliphatic carboxylic acids is 1. The van der Waals surface area contributed by atoms with E-state index < -0.39 is 11.9 Å². The Morgan fingerprint density at radius 3 is 2.68 bits per heavy atom. The van der Waals surface area contributed by atoms with E-state index in [0.29, 0.717) is 22.9 Å². The number of carboxylic acid groups (broad SMARTS) is 1. The Morgan fingerprint density at radius 2 is 2.05 bits per heavy atom. The number of phenolic OH excluding ortho intramolecular Hbond substituents is 1. The van der Waals surface area contributed by atoms with Crippen molar-refractivity contribution in [3.63, 3.8) is 0 Å². The van der Waals surface area contributed by atoms with Crippen molar-refractivity contribution >= 4 is 27.8 Å². The van der Waals surface area contributed by atoms with E-state index in [1.165, 1.54) is 6.07 Å². The molecular formula is C13H14BrNO4. The van der Waals surface area contributed by atoms with Crippen LogP contribution >= 0.6 is 15.9 Å². The molecule has 1 aliphatic rings. The number of carbonyl (C=O) groups is 2. The summed E-state index contributed by atoms with van der Waals surface area (Å²) in [6.45, 7) is 0. The quantitative estimate of drug-likeness (QED) is 0.793. The number of phenols is 1. The summed E-state index contributed by atoms with van der Waals surface area (Å²) in [6.07, 6.45) is 2.06. The van der Waals surface area contributed by atoms with E-state index in [1.807, 2.05) is 0 Å². The molecular weight excluding hydrogens is 314 g/mol. The summed E-state index contributed by atoms with van der Waals surface area (Å²) in [4.78, 5) is 23.0. The monoisotopic (exact) mass is 327 g/mol. The maximum Gasteiger partial charge on any atom is 0.308 e. The number of hydrogen-bond acceptors (Lipinski definition) is 3. The van der Waals surface area contributed by atoms with Gasteiger partial charge in [-0.3, -0.25) is 9.59 Å². The van der Waals surface area contributed by atoms with Crippen LogP contribution in [0, 0.1) is 5.92 Å². The number of nitrogens with one attached hydrogen (secondary N) is 1. The highest BCUT2D eigenvalue weighted by atomic mass is 79.9. The maximum atomic E-state index is 12.0. The fourth-order valence-electron chi connectivity index (χ4n) is 2.33. The summed E-state index contributed by atoms with van der Waals surface area (Å²) in [6, 6.07) is 4.16. The minimum Gasteiger partial charge on any atom is -0.507 e. The van der Waals surface area contributed by atoms with Gasteiger partial charge in [-0.2, -0.15) is 0 Å². The van der Waals surface area contributed by atoms with Crippen molar-refractivity contribution in [1.29, 1.82) is 0 Å². The van der Waals surface area contributed by atoms with E-state index in [1.54, 1.807) is 12.1 Å². The van der Waals surface area contributed by atoms with Gasteiger partial charge in [0.2, 0.25) is 0 Å². The van der Waals surface area contributed by atoms with Crippen LogP contribution in [0.25, 0.3) is 0 Å². The van der Waals surface area contributed by atoms with E-state index in [0.717, 1.165) is 6.42 Å². The molecule has 1 aromatic rings. The first-order chi connectivity index (χ1) is 8.99. The van der Waals surface area contributed by atoms with Gasteiger partial charge in [0, 0.05) is 11.6 Å². The second kappa shape index (κ2) is 5.61. The van der Waals surface area contributed by atoms with Crippen LogP contribution in [0.15, 0.2) is 22.7 Å². The zero-order valence-corrected chi connectivity index (χ0v) is 11.7. The first-order valence-corrected chi connectivity index (χ1v) is 6.80. The van der Waals surface area contributed by atoms with Gasteiger partial charge in [0.05, 0.1) is 10.4 Å². The van der Waals surface area contributed by atoms with Gasteiger partial charge in [0.1, 0.15) is 5.75 Å². The SMILES string of the molecule is O=C(NC1CCCC1C(=O)O)c1ccc(Br)c(O)c1. The minimum absolute atomic E-state index is 0.0196. The molecule has 3 N–H and O–H groups in total. The normalized spacial score (nSPS) is 22.2. The lowest BCUT2D eigenvalue weighted by Crippen LogP contribution is -2.40. The lowest BCUT2D eigenvalue weighted by atomic mass is 10.0. The molecule has 102 valence electrons. The predicted octanol–water partition coefficient (Wildman–Crippen LogP) is 2.14. The molecule has 1 aliphatic carbocycles. The first-order valence-electron chi connectivity index (χ1n) is 6.01. The maximum absolute atomic E-state index is 12.0. The van der Waals surface area contributed by atoms with E-state index in [9.17, 15) is 14.7 Å². The molecule has 1 saturated carbocycles. The predicted molar refractivity (Wildman–Crippen MR) is 72.0 cm³/mol. The zero-order chi connectivity index (χ0) is 14.0. The molecule has 0 aromatic heterocycles. The van der Waals surface area contributed by atoms with Gasteiger partial charge in [0.15, 0.2) is 0 Å². The van der Waals surface area contributed by atoms with Crippen molar-refractivity contribution in [1.82, 2.24) is 5.32 Å². The molecule has 1 aromatic carbocycles. The Hall–Kier alpha value is -1.56. The van der Waals surface area contributed by atoms with Gasteiger partial charge in [-0.05, 0) is 47.0 Å². The molecule has 0 radical (unpaired) electrons. The summed E-state index contributed by atoms with van der Waals surface area (Å²) < 4.78 is 0.508. The van der Waals surface area contributed by atoms with Crippen molar-refractivity contribution in [2.45, 2.75) is 25.3 Å². The van der Waals surface area contributed by atoms with Crippen molar-refractivity contribution in [3.05, 3.63) is 28.2 Å². The highest BCUT2D eigenvalue weighted by Crippen LogP contribution is 2.27. The summed E-state index contributed by atoms with van der Waals surface area (Å²) in [5.41, 5.74) is 0.316. The summed E-state index contributed by atoms with van der Waals surface area (Å²) in [7, 11) is 0. The largest absolute Gasteiger partial charge is 0.507 e. The molecule has 1 amide bonds. The summed E-state index contributed by atoms with van der Waals surface area (Å²) >= 11 is 3.14. The lowest BCUT2D eigenvalue weighted by molar-refractivity contribution is -0.142. The third kappa shape index (κ3) is 3.07. The number of halogens is 1. The molecule has 19 heavy (non-hydrogen) atoms. The number of aromatic hydroxyl groups is 1. The highest BCUT2D eigenvalue weighted by molar-refractivity contribution is 9.10. The zero-order valence-electron chi connectivity index (χ0n) is 10.1. The lowest BCUT2D eigenvalue weighted by Gasteiger charge is -2.17.